The molecule has 1 aromatic rings. The van der Waals surface area contributed by atoms with Gasteiger partial charge >= 0.3 is 0 Å². The van der Waals surface area contributed by atoms with Gasteiger partial charge in [-0.05, 0) is 12.5 Å². The fourth-order valence-corrected chi connectivity index (χ4v) is 2.15. The van der Waals surface area contributed by atoms with Crippen LogP contribution in [-0.2, 0) is 11.3 Å². The van der Waals surface area contributed by atoms with Gasteiger partial charge in [0.1, 0.15) is 5.82 Å². The summed E-state index contributed by atoms with van der Waals surface area (Å²) in [6.45, 7) is 0.752. The number of carbonyl (C=O) groups is 1. The SMILES string of the molecule is N[C@@H]1CN[C@H](C(=O)NCc2cccc(Cl)c2F)C1. The van der Waals surface area contributed by atoms with Crippen LogP contribution >= 0.6 is 11.6 Å². The molecule has 0 unspecified atom stereocenters. The van der Waals surface area contributed by atoms with Crippen LogP contribution in [0.1, 0.15) is 12.0 Å². The van der Waals surface area contributed by atoms with Gasteiger partial charge in [-0.15, -0.1) is 0 Å². The lowest BCUT2D eigenvalue weighted by atomic mass is 10.1. The van der Waals surface area contributed by atoms with E-state index in [1.165, 1.54) is 6.07 Å². The highest BCUT2D eigenvalue weighted by Gasteiger charge is 2.26. The normalized spacial score (nSPS) is 23.1. The van der Waals surface area contributed by atoms with Crippen molar-refractivity contribution in [2.75, 3.05) is 6.54 Å². The third-order valence-corrected chi connectivity index (χ3v) is 3.26. The first-order chi connectivity index (χ1) is 8.58. The second kappa shape index (κ2) is 5.65. The molecule has 0 saturated carbocycles. The molecule has 2 rings (SSSR count). The van der Waals surface area contributed by atoms with Crippen LogP contribution in [0.25, 0.3) is 0 Å². The Labute approximate surface area is 110 Å². The van der Waals surface area contributed by atoms with E-state index in [2.05, 4.69) is 10.6 Å². The van der Waals surface area contributed by atoms with Crippen molar-refractivity contribution in [3.05, 3.63) is 34.6 Å². The standard InChI is InChI=1S/C12H15ClFN3O/c13-9-3-1-2-7(11(9)14)5-17-12(18)10-4-8(15)6-16-10/h1-3,8,10,16H,4-6,15H2,(H,17,18)/t8-,10-/m0/s1. The van der Waals surface area contributed by atoms with E-state index in [0.717, 1.165) is 0 Å². The molecule has 18 heavy (non-hydrogen) atoms. The summed E-state index contributed by atoms with van der Waals surface area (Å²) in [6.07, 6.45) is 0.601. The van der Waals surface area contributed by atoms with E-state index in [-0.39, 0.29) is 29.6 Å². The second-order valence-corrected chi connectivity index (χ2v) is 4.79. The first kappa shape index (κ1) is 13.3. The summed E-state index contributed by atoms with van der Waals surface area (Å²) in [5.74, 6) is -0.655. The summed E-state index contributed by atoms with van der Waals surface area (Å²) in [4.78, 5) is 11.8. The van der Waals surface area contributed by atoms with Crippen LogP contribution < -0.4 is 16.4 Å². The maximum Gasteiger partial charge on any atom is 0.237 e. The molecule has 98 valence electrons. The molecule has 1 heterocycles. The third kappa shape index (κ3) is 2.98. The lowest BCUT2D eigenvalue weighted by molar-refractivity contribution is -0.122. The molecule has 0 aliphatic carbocycles. The van der Waals surface area contributed by atoms with E-state index in [0.29, 0.717) is 18.5 Å². The highest BCUT2D eigenvalue weighted by atomic mass is 35.5. The summed E-state index contributed by atoms with van der Waals surface area (Å²) in [5.41, 5.74) is 6.07. The largest absolute Gasteiger partial charge is 0.351 e. The number of halogens is 2. The molecule has 1 amide bonds. The average Bonchev–Trinajstić information content (AvgIpc) is 2.77. The van der Waals surface area contributed by atoms with Gasteiger partial charge in [-0.2, -0.15) is 0 Å². The average molecular weight is 272 g/mol. The van der Waals surface area contributed by atoms with Crippen LogP contribution in [0.3, 0.4) is 0 Å². The predicted octanol–water partition coefficient (Wildman–Crippen LogP) is 0.785. The molecule has 0 radical (unpaired) electrons. The number of nitrogens with one attached hydrogen (secondary N) is 2. The van der Waals surface area contributed by atoms with Crippen LogP contribution in [0, 0.1) is 5.82 Å². The molecule has 0 aromatic heterocycles. The minimum Gasteiger partial charge on any atom is -0.351 e. The molecule has 1 aromatic carbocycles. The van der Waals surface area contributed by atoms with Crippen LogP contribution in [0.2, 0.25) is 5.02 Å². The topological polar surface area (TPSA) is 67.1 Å². The van der Waals surface area contributed by atoms with Gasteiger partial charge in [0.2, 0.25) is 5.91 Å². The van der Waals surface area contributed by atoms with E-state index in [1.807, 2.05) is 0 Å². The molecule has 1 saturated heterocycles. The third-order valence-electron chi connectivity index (χ3n) is 2.97. The highest BCUT2D eigenvalue weighted by molar-refractivity contribution is 6.30. The van der Waals surface area contributed by atoms with Crippen molar-refractivity contribution in [3.63, 3.8) is 0 Å². The Kier molecular flexibility index (Phi) is 4.16. The van der Waals surface area contributed by atoms with Gasteiger partial charge in [-0.1, -0.05) is 23.7 Å². The van der Waals surface area contributed by atoms with Gasteiger partial charge in [0.05, 0.1) is 11.1 Å². The minimum absolute atomic E-state index is 0.00339. The first-order valence-electron chi connectivity index (χ1n) is 5.77. The van der Waals surface area contributed by atoms with E-state index in [1.54, 1.807) is 12.1 Å². The maximum atomic E-state index is 13.6. The molecule has 1 aliphatic rings. The fourth-order valence-electron chi connectivity index (χ4n) is 1.95. The van der Waals surface area contributed by atoms with Gasteiger partial charge in [0, 0.05) is 24.7 Å². The summed E-state index contributed by atoms with van der Waals surface area (Å²) in [6, 6.07) is 4.43. The number of benzene rings is 1. The quantitative estimate of drug-likeness (QED) is 0.761. The molecule has 4 nitrogen and oxygen atoms in total. The lowest BCUT2D eigenvalue weighted by Gasteiger charge is -2.11. The van der Waals surface area contributed by atoms with Crippen molar-refractivity contribution in [3.8, 4) is 0 Å². The number of rotatable bonds is 3. The monoisotopic (exact) mass is 271 g/mol. The Morgan fingerprint density at radius 1 is 1.61 bits per heavy atom. The van der Waals surface area contributed by atoms with Crippen molar-refractivity contribution < 1.29 is 9.18 Å². The number of hydrogen-bond donors (Lipinski definition) is 3. The summed E-state index contributed by atoms with van der Waals surface area (Å²) in [7, 11) is 0. The van der Waals surface area contributed by atoms with Crippen molar-refractivity contribution in [1.82, 2.24) is 10.6 Å². The molecule has 0 spiro atoms. The molecule has 6 heteroatoms. The Morgan fingerprint density at radius 3 is 3.06 bits per heavy atom. The molecule has 1 aliphatic heterocycles. The van der Waals surface area contributed by atoms with Crippen molar-refractivity contribution in [2.45, 2.75) is 25.0 Å². The number of carbonyl (C=O) groups excluding carboxylic acids is 1. The molecule has 2 atom stereocenters. The Balaban J connectivity index is 1.91. The first-order valence-corrected chi connectivity index (χ1v) is 6.15. The summed E-state index contributed by atoms with van der Waals surface area (Å²) in [5, 5.41) is 5.74. The van der Waals surface area contributed by atoms with E-state index < -0.39 is 5.82 Å². The zero-order chi connectivity index (χ0) is 13.1. The van der Waals surface area contributed by atoms with E-state index >= 15 is 0 Å². The Morgan fingerprint density at radius 2 is 2.39 bits per heavy atom. The molecule has 1 fully saturated rings. The molecule has 4 N–H and O–H groups in total. The number of hydrogen-bond acceptors (Lipinski definition) is 3. The van der Waals surface area contributed by atoms with Crippen LogP contribution in [0.4, 0.5) is 4.39 Å². The molecule has 0 bridgehead atoms. The van der Waals surface area contributed by atoms with Gasteiger partial charge in [0.25, 0.3) is 0 Å². The Bertz CT molecular complexity index is 455. The zero-order valence-electron chi connectivity index (χ0n) is 9.75. The van der Waals surface area contributed by atoms with Crippen molar-refractivity contribution >= 4 is 17.5 Å². The van der Waals surface area contributed by atoms with Gasteiger partial charge in [0.15, 0.2) is 0 Å². The zero-order valence-corrected chi connectivity index (χ0v) is 10.5. The minimum atomic E-state index is -0.490. The summed E-state index contributed by atoms with van der Waals surface area (Å²) >= 11 is 5.66. The van der Waals surface area contributed by atoms with Crippen LogP contribution in [0.15, 0.2) is 18.2 Å². The molecular formula is C12H15ClFN3O. The predicted molar refractivity (Wildman–Crippen MR) is 67.6 cm³/mol. The van der Waals surface area contributed by atoms with E-state index in [4.69, 9.17) is 17.3 Å². The Hall–Kier alpha value is -1.17. The van der Waals surface area contributed by atoms with Gasteiger partial charge in [-0.3, -0.25) is 4.79 Å². The smallest absolute Gasteiger partial charge is 0.237 e. The van der Waals surface area contributed by atoms with Gasteiger partial charge < -0.3 is 16.4 Å². The van der Waals surface area contributed by atoms with E-state index in [9.17, 15) is 9.18 Å². The lowest BCUT2D eigenvalue weighted by Crippen LogP contribution is -2.40. The van der Waals surface area contributed by atoms with Crippen LogP contribution in [-0.4, -0.2) is 24.5 Å². The maximum absolute atomic E-state index is 13.6. The van der Waals surface area contributed by atoms with Crippen LogP contribution in [0.5, 0.6) is 0 Å². The van der Waals surface area contributed by atoms with Crippen molar-refractivity contribution in [2.24, 2.45) is 5.73 Å². The second-order valence-electron chi connectivity index (χ2n) is 4.39. The molecular weight excluding hydrogens is 257 g/mol. The number of nitrogens with two attached hydrogens (primary N) is 1. The fraction of sp³-hybridized carbons (Fsp3) is 0.417. The van der Waals surface area contributed by atoms with Gasteiger partial charge in [-0.25, -0.2) is 4.39 Å². The number of amides is 1. The summed E-state index contributed by atoms with van der Waals surface area (Å²) < 4.78 is 13.6. The van der Waals surface area contributed by atoms with Crippen molar-refractivity contribution in [1.29, 1.82) is 0 Å². The highest BCUT2D eigenvalue weighted by Crippen LogP contribution is 2.17.